The number of amides is 1. The Labute approximate surface area is 192 Å². The zero-order chi connectivity index (χ0) is 23.9. The molecular weight excluding hydrogens is 447 g/mol. The van der Waals surface area contributed by atoms with Crippen molar-refractivity contribution >= 4 is 26.8 Å². The van der Waals surface area contributed by atoms with E-state index in [2.05, 4.69) is 5.10 Å². The van der Waals surface area contributed by atoms with Gasteiger partial charge in [-0.15, -0.1) is 0 Å². The van der Waals surface area contributed by atoms with Crippen LogP contribution in [0.3, 0.4) is 0 Å². The summed E-state index contributed by atoms with van der Waals surface area (Å²) < 4.78 is 49.3. The van der Waals surface area contributed by atoms with Gasteiger partial charge in [-0.2, -0.15) is 9.40 Å². The van der Waals surface area contributed by atoms with Gasteiger partial charge in [-0.1, -0.05) is 6.92 Å². The molecule has 2 N–H and O–H groups in total. The summed E-state index contributed by atoms with van der Waals surface area (Å²) in [6.07, 6.45) is -0.0934. The van der Waals surface area contributed by atoms with Crippen molar-refractivity contribution in [1.82, 2.24) is 14.1 Å². The first-order valence-electron chi connectivity index (χ1n) is 10.8. The van der Waals surface area contributed by atoms with E-state index in [1.54, 1.807) is 22.9 Å². The molecule has 176 valence electrons. The number of primary amides is 1. The van der Waals surface area contributed by atoms with Gasteiger partial charge in [-0.05, 0) is 62.2 Å². The van der Waals surface area contributed by atoms with Crippen molar-refractivity contribution in [3.8, 4) is 5.75 Å². The van der Waals surface area contributed by atoms with E-state index in [0.717, 1.165) is 0 Å². The SMILES string of the molecule is CC(C)Oc1ccc(S(=O)(=O)N2C[C@@H](C)[C@@H](n3nc(CC(N)=O)c4ccc(F)cc43)C2)cc1. The summed E-state index contributed by atoms with van der Waals surface area (Å²) in [6, 6.07) is 10.3. The molecule has 0 unspecified atom stereocenters. The van der Waals surface area contributed by atoms with Crippen LogP contribution in [0, 0.1) is 11.7 Å². The molecule has 1 amide bonds. The molecule has 33 heavy (non-hydrogen) atoms. The molecule has 0 radical (unpaired) electrons. The van der Waals surface area contributed by atoms with Crippen molar-refractivity contribution in [2.75, 3.05) is 13.1 Å². The van der Waals surface area contributed by atoms with Gasteiger partial charge in [0.05, 0.1) is 34.7 Å². The molecule has 1 aromatic heterocycles. The van der Waals surface area contributed by atoms with E-state index >= 15 is 0 Å². The Bertz CT molecular complexity index is 1290. The first-order chi connectivity index (χ1) is 15.6. The Balaban J connectivity index is 1.64. The Morgan fingerprint density at radius 3 is 2.55 bits per heavy atom. The number of sulfonamides is 1. The Morgan fingerprint density at radius 1 is 1.21 bits per heavy atom. The van der Waals surface area contributed by atoms with Crippen molar-refractivity contribution in [2.24, 2.45) is 11.7 Å². The van der Waals surface area contributed by atoms with Crippen LogP contribution in [0.25, 0.3) is 10.9 Å². The number of fused-ring (bicyclic) bond motifs is 1. The molecule has 1 aliphatic rings. The average molecular weight is 475 g/mol. The second kappa shape index (κ2) is 8.75. The van der Waals surface area contributed by atoms with Gasteiger partial charge in [-0.25, -0.2) is 12.8 Å². The molecule has 0 saturated carbocycles. The second-order valence-electron chi connectivity index (χ2n) is 8.70. The van der Waals surface area contributed by atoms with Gasteiger partial charge in [0.25, 0.3) is 0 Å². The molecule has 0 aliphatic carbocycles. The summed E-state index contributed by atoms with van der Waals surface area (Å²) in [6.45, 7) is 6.20. The number of rotatable bonds is 7. The maximum Gasteiger partial charge on any atom is 0.243 e. The minimum Gasteiger partial charge on any atom is -0.491 e. The van der Waals surface area contributed by atoms with Gasteiger partial charge < -0.3 is 10.5 Å². The number of hydrogen-bond donors (Lipinski definition) is 1. The maximum atomic E-state index is 14.0. The Morgan fingerprint density at radius 2 is 1.91 bits per heavy atom. The lowest BCUT2D eigenvalue weighted by Crippen LogP contribution is -2.29. The molecule has 0 bridgehead atoms. The standard InChI is InChI=1S/C23H27FN4O4S/c1-14(2)32-17-5-7-18(8-6-17)33(30,31)27-12-15(3)22(13-27)28-21-10-16(24)4-9-19(21)20(26-28)11-23(25)29/h4-10,14-15,22H,11-13H2,1-3H3,(H2,25,29)/t15-,22+/m1/s1. The molecule has 8 nitrogen and oxygen atoms in total. The fourth-order valence-corrected chi connectivity index (χ4v) is 5.82. The zero-order valence-corrected chi connectivity index (χ0v) is 19.5. The molecule has 2 heterocycles. The number of aromatic nitrogens is 2. The van der Waals surface area contributed by atoms with Gasteiger partial charge >= 0.3 is 0 Å². The van der Waals surface area contributed by atoms with E-state index in [1.165, 1.54) is 28.6 Å². The third-order valence-corrected chi connectivity index (χ3v) is 7.62. The van der Waals surface area contributed by atoms with Crippen LogP contribution in [0.1, 0.15) is 32.5 Å². The first kappa shape index (κ1) is 23.2. The maximum absolute atomic E-state index is 14.0. The molecule has 2 aromatic carbocycles. The normalized spacial score (nSPS) is 19.4. The highest BCUT2D eigenvalue weighted by Gasteiger charge is 2.39. The highest BCUT2D eigenvalue weighted by atomic mass is 32.2. The molecule has 4 rings (SSSR count). The lowest BCUT2D eigenvalue weighted by Gasteiger charge is -2.18. The summed E-state index contributed by atoms with van der Waals surface area (Å²) >= 11 is 0. The van der Waals surface area contributed by atoms with Crippen LogP contribution < -0.4 is 10.5 Å². The van der Waals surface area contributed by atoms with Crippen LogP contribution >= 0.6 is 0 Å². The fourth-order valence-electron chi connectivity index (χ4n) is 4.26. The summed E-state index contributed by atoms with van der Waals surface area (Å²) in [5, 5.41) is 5.17. The van der Waals surface area contributed by atoms with Crippen LogP contribution in [0.15, 0.2) is 47.4 Å². The number of hydrogen-bond acceptors (Lipinski definition) is 5. The topological polar surface area (TPSA) is 108 Å². The number of halogens is 1. The van der Waals surface area contributed by atoms with E-state index < -0.39 is 21.7 Å². The molecular formula is C23H27FN4O4S. The lowest BCUT2D eigenvalue weighted by molar-refractivity contribution is -0.117. The van der Waals surface area contributed by atoms with Gasteiger partial charge in [0.1, 0.15) is 11.6 Å². The number of ether oxygens (including phenoxy) is 1. The predicted octanol–water partition coefficient (Wildman–Crippen LogP) is 2.87. The van der Waals surface area contributed by atoms with Crippen molar-refractivity contribution in [1.29, 1.82) is 0 Å². The first-order valence-corrected chi connectivity index (χ1v) is 12.2. The largest absolute Gasteiger partial charge is 0.491 e. The summed E-state index contributed by atoms with van der Waals surface area (Å²) in [7, 11) is -3.74. The van der Waals surface area contributed by atoms with E-state index in [1.807, 2.05) is 20.8 Å². The number of nitrogens with two attached hydrogens (primary N) is 1. The van der Waals surface area contributed by atoms with Crippen molar-refractivity contribution in [2.45, 2.75) is 44.2 Å². The summed E-state index contributed by atoms with van der Waals surface area (Å²) in [4.78, 5) is 11.7. The molecule has 3 aromatic rings. The number of carbonyl (C=O) groups is 1. The monoisotopic (exact) mass is 474 g/mol. The lowest BCUT2D eigenvalue weighted by atomic mass is 10.1. The third-order valence-electron chi connectivity index (χ3n) is 5.77. The van der Waals surface area contributed by atoms with Gasteiger partial charge in [-0.3, -0.25) is 9.48 Å². The minimum absolute atomic E-state index is 0.0131. The van der Waals surface area contributed by atoms with E-state index in [9.17, 15) is 17.6 Å². The highest BCUT2D eigenvalue weighted by Crippen LogP contribution is 2.35. The molecule has 10 heteroatoms. The van der Waals surface area contributed by atoms with Crippen molar-refractivity contribution in [3.63, 3.8) is 0 Å². The second-order valence-corrected chi connectivity index (χ2v) is 10.6. The van der Waals surface area contributed by atoms with Crippen LogP contribution in [-0.4, -0.2) is 47.6 Å². The fraction of sp³-hybridized carbons (Fsp3) is 0.391. The van der Waals surface area contributed by atoms with Crippen LogP contribution in [0.5, 0.6) is 5.75 Å². The smallest absolute Gasteiger partial charge is 0.243 e. The molecule has 1 aliphatic heterocycles. The quantitative estimate of drug-likeness (QED) is 0.567. The van der Waals surface area contributed by atoms with Crippen molar-refractivity contribution < 1.29 is 22.3 Å². The van der Waals surface area contributed by atoms with Crippen LogP contribution in [0.4, 0.5) is 4.39 Å². The Hall–Kier alpha value is -2.98. The van der Waals surface area contributed by atoms with E-state index in [0.29, 0.717) is 28.9 Å². The van der Waals surface area contributed by atoms with Gasteiger partial charge in [0, 0.05) is 18.5 Å². The molecule has 1 saturated heterocycles. The van der Waals surface area contributed by atoms with Crippen LogP contribution in [0.2, 0.25) is 0 Å². The van der Waals surface area contributed by atoms with E-state index in [-0.39, 0.29) is 35.9 Å². The van der Waals surface area contributed by atoms with E-state index in [4.69, 9.17) is 10.5 Å². The van der Waals surface area contributed by atoms with Crippen LogP contribution in [-0.2, 0) is 21.2 Å². The summed E-state index contributed by atoms with van der Waals surface area (Å²) in [5.41, 5.74) is 6.32. The third kappa shape index (κ3) is 4.58. The number of nitrogens with zero attached hydrogens (tertiary/aromatic N) is 3. The van der Waals surface area contributed by atoms with Gasteiger partial charge in [0.15, 0.2) is 0 Å². The zero-order valence-electron chi connectivity index (χ0n) is 18.7. The van der Waals surface area contributed by atoms with Crippen molar-refractivity contribution in [3.05, 3.63) is 54.0 Å². The summed E-state index contributed by atoms with van der Waals surface area (Å²) in [5.74, 6) is -0.465. The number of benzene rings is 2. The predicted molar refractivity (Wildman–Crippen MR) is 122 cm³/mol. The highest BCUT2D eigenvalue weighted by molar-refractivity contribution is 7.89. The Kier molecular flexibility index (Phi) is 6.15. The number of carbonyl (C=O) groups excluding carboxylic acids is 1. The minimum atomic E-state index is -3.74. The average Bonchev–Trinajstić information content (AvgIpc) is 3.28. The molecule has 2 atom stereocenters. The molecule has 0 spiro atoms. The molecule has 1 fully saturated rings. The van der Waals surface area contributed by atoms with Gasteiger partial charge in [0.2, 0.25) is 15.9 Å².